The molecule has 1 unspecified atom stereocenters. The second-order valence-electron chi connectivity index (χ2n) is 5.55. The number of hydrogen-bond donors (Lipinski definition) is 1. The van der Waals surface area contributed by atoms with Gasteiger partial charge in [0.05, 0.1) is 6.10 Å². The van der Waals surface area contributed by atoms with Crippen LogP contribution < -0.4 is 0 Å². The largest absolute Gasteiger partial charge is 0.377 e. The lowest BCUT2D eigenvalue weighted by atomic mass is 9.84. The summed E-state index contributed by atoms with van der Waals surface area (Å²) in [6.45, 7) is 7.74. The first-order chi connectivity index (χ1) is 8.15. The number of ether oxygens (including phenoxy) is 1. The smallest absolute Gasteiger partial charge is 0.0701 e. The van der Waals surface area contributed by atoms with Crippen LogP contribution in [-0.2, 0) is 4.74 Å². The highest BCUT2D eigenvalue weighted by atomic mass is 32.1. The van der Waals surface area contributed by atoms with Crippen LogP contribution in [0.25, 0.3) is 0 Å². The van der Waals surface area contributed by atoms with Crippen molar-refractivity contribution in [3.8, 4) is 0 Å². The standard InChI is InChI=1S/C14H29NOS/c1-4-14(5-2,12-17)11-15(3)10-13-8-6-7-9-16-13/h13,17H,4-12H2,1-3H3. The number of likely N-dealkylation sites (N-methyl/N-ethyl adjacent to an activating group) is 1. The van der Waals surface area contributed by atoms with Crippen molar-refractivity contribution >= 4 is 12.6 Å². The Morgan fingerprint density at radius 3 is 2.47 bits per heavy atom. The molecule has 0 saturated carbocycles. The van der Waals surface area contributed by atoms with Crippen LogP contribution in [0.5, 0.6) is 0 Å². The lowest BCUT2D eigenvalue weighted by Gasteiger charge is -2.36. The van der Waals surface area contributed by atoms with E-state index in [1.54, 1.807) is 0 Å². The normalized spacial score (nSPS) is 22.1. The van der Waals surface area contributed by atoms with Crippen molar-refractivity contribution in [3.05, 3.63) is 0 Å². The first-order valence-electron chi connectivity index (χ1n) is 7.07. The number of hydrogen-bond acceptors (Lipinski definition) is 3. The molecule has 1 saturated heterocycles. The van der Waals surface area contributed by atoms with Gasteiger partial charge in [0.25, 0.3) is 0 Å². The summed E-state index contributed by atoms with van der Waals surface area (Å²) in [6, 6.07) is 0. The van der Waals surface area contributed by atoms with Crippen molar-refractivity contribution in [2.75, 3.05) is 32.5 Å². The Hall–Kier alpha value is 0.270. The van der Waals surface area contributed by atoms with Gasteiger partial charge in [-0.1, -0.05) is 13.8 Å². The lowest BCUT2D eigenvalue weighted by molar-refractivity contribution is -0.00718. The third kappa shape index (κ3) is 4.80. The van der Waals surface area contributed by atoms with Gasteiger partial charge >= 0.3 is 0 Å². The van der Waals surface area contributed by atoms with Crippen molar-refractivity contribution in [1.29, 1.82) is 0 Å². The van der Waals surface area contributed by atoms with E-state index in [-0.39, 0.29) is 0 Å². The molecule has 1 fully saturated rings. The minimum Gasteiger partial charge on any atom is -0.377 e. The zero-order chi connectivity index (χ0) is 12.7. The van der Waals surface area contributed by atoms with Gasteiger partial charge in [-0.3, -0.25) is 0 Å². The van der Waals surface area contributed by atoms with Gasteiger partial charge in [-0.25, -0.2) is 0 Å². The van der Waals surface area contributed by atoms with Gasteiger partial charge in [-0.2, -0.15) is 12.6 Å². The highest BCUT2D eigenvalue weighted by molar-refractivity contribution is 7.80. The highest BCUT2D eigenvalue weighted by Crippen LogP contribution is 2.29. The molecule has 0 aromatic rings. The van der Waals surface area contributed by atoms with E-state index in [0.29, 0.717) is 11.5 Å². The summed E-state index contributed by atoms with van der Waals surface area (Å²) in [7, 11) is 2.22. The molecular formula is C14H29NOS. The molecule has 0 bridgehead atoms. The molecule has 1 aliphatic heterocycles. The zero-order valence-corrected chi connectivity index (χ0v) is 12.6. The van der Waals surface area contributed by atoms with E-state index < -0.39 is 0 Å². The van der Waals surface area contributed by atoms with Crippen molar-refractivity contribution in [3.63, 3.8) is 0 Å². The fourth-order valence-corrected chi connectivity index (χ4v) is 3.23. The molecule has 3 heteroatoms. The second-order valence-corrected chi connectivity index (χ2v) is 5.87. The Balaban J connectivity index is 2.38. The van der Waals surface area contributed by atoms with E-state index in [4.69, 9.17) is 4.74 Å². The number of rotatable bonds is 7. The summed E-state index contributed by atoms with van der Waals surface area (Å²) in [5, 5.41) is 0. The van der Waals surface area contributed by atoms with E-state index in [1.807, 2.05) is 0 Å². The number of thiol groups is 1. The Morgan fingerprint density at radius 2 is 2.00 bits per heavy atom. The first-order valence-corrected chi connectivity index (χ1v) is 7.70. The summed E-state index contributed by atoms with van der Waals surface area (Å²) in [4.78, 5) is 2.44. The average Bonchev–Trinajstić information content (AvgIpc) is 2.37. The minimum atomic E-state index is 0.381. The molecule has 102 valence electrons. The molecule has 0 amide bonds. The van der Waals surface area contributed by atoms with Crippen LogP contribution in [0.15, 0.2) is 0 Å². The van der Waals surface area contributed by atoms with Crippen molar-refractivity contribution in [1.82, 2.24) is 4.90 Å². The molecule has 1 aliphatic rings. The molecule has 1 atom stereocenters. The van der Waals surface area contributed by atoms with E-state index in [9.17, 15) is 0 Å². The molecule has 1 heterocycles. The van der Waals surface area contributed by atoms with Gasteiger partial charge in [0, 0.05) is 19.7 Å². The highest BCUT2D eigenvalue weighted by Gasteiger charge is 2.27. The molecular weight excluding hydrogens is 230 g/mol. The monoisotopic (exact) mass is 259 g/mol. The third-order valence-corrected chi connectivity index (χ3v) is 4.90. The summed E-state index contributed by atoms with van der Waals surface area (Å²) >= 11 is 4.54. The number of nitrogens with zero attached hydrogens (tertiary/aromatic N) is 1. The Morgan fingerprint density at radius 1 is 1.29 bits per heavy atom. The maximum absolute atomic E-state index is 5.80. The van der Waals surface area contributed by atoms with Crippen LogP contribution in [0, 0.1) is 5.41 Å². The fraction of sp³-hybridized carbons (Fsp3) is 1.00. The van der Waals surface area contributed by atoms with Gasteiger partial charge in [0.1, 0.15) is 0 Å². The van der Waals surface area contributed by atoms with Gasteiger partial charge in [0.15, 0.2) is 0 Å². The van der Waals surface area contributed by atoms with Crippen LogP contribution in [0.4, 0.5) is 0 Å². The van der Waals surface area contributed by atoms with Crippen LogP contribution in [0.1, 0.15) is 46.0 Å². The summed E-state index contributed by atoms with van der Waals surface area (Å²) in [5.74, 6) is 0.982. The molecule has 0 aromatic carbocycles. The quantitative estimate of drug-likeness (QED) is 0.705. The van der Waals surface area contributed by atoms with Gasteiger partial charge in [-0.15, -0.1) is 0 Å². The van der Waals surface area contributed by atoms with Crippen LogP contribution in [-0.4, -0.2) is 43.5 Å². The van der Waals surface area contributed by atoms with E-state index >= 15 is 0 Å². The van der Waals surface area contributed by atoms with Crippen molar-refractivity contribution in [2.45, 2.75) is 52.1 Å². The van der Waals surface area contributed by atoms with Crippen molar-refractivity contribution < 1.29 is 4.74 Å². The Labute approximate surface area is 113 Å². The van der Waals surface area contributed by atoms with Gasteiger partial charge in [-0.05, 0) is 50.3 Å². The van der Waals surface area contributed by atoms with Crippen LogP contribution in [0.2, 0.25) is 0 Å². The maximum atomic E-state index is 5.80. The van der Waals surface area contributed by atoms with Crippen LogP contribution in [0.3, 0.4) is 0 Å². The van der Waals surface area contributed by atoms with E-state index in [0.717, 1.165) is 25.4 Å². The molecule has 1 rings (SSSR count). The summed E-state index contributed by atoms with van der Waals surface area (Å²) in [6.07, 6.45) is 6.69. The first kappa shape index (κ1) is 15.3. The SMILES string of the molecule is CCC(CC)(CS)CN(C)CC1CCCCO1. The van der Waals surface area contributed by atoms with E-state index in [2.05, 4.69) is 38.4 Å². The lowest BCUT2D eigenvalue weighted by Crippen LogP contribution is -2.41. The summed E-state index contributed by atoms with van der Waals surface area (Å²) < 4.78 is 5.80. The zero-order valence-electron chi connectivity index (χ0n) is 11.7. The van der Waals surface area contributed by atoms with Crippen molar-refractivity contribution in [2.24, 2.45) is 5.41 Å². The minimum absolute atomic E-state index is 0.381. The average molecular weight is 259 g/mol. The molecule has 0 N–H and O–H groups in total. The third-order valence-electron chi connectivity index (χ3n) is 4.23. The van der Waals surface area contributed by atoms with E-state index in [1.165, 1.54) is 32.1 Å². The molecule has 17 heavy (non-hydrogen) atoms. The fourth-order valence-electron chi connectivity index (χ4n) is 2.68. The Kier molecular flexibility index (Phi) is 6.90. The Bertz CT molecular complexity index is 192. The molecule has 0 aliphatic carbocycles. The predicted octanol–water partition coefficient (Wildman–Crippen LogP) is 3.22. The van der Waals surface area contributed by atoms with Gasteiger partial charge in [0.2, 0.25) is 0 Å². The topological polar surface area (TPSA) is 12.5 Å². The molecule has 0 radical (unpaired) electrons. The summed E-state index contributed by atoms with van der Waals surface area (Å²) in [5.41, 5.74) is 0.381. The molecule has 2 nitrogen and oxygen atoms in total. The second kappa shape index (κ2) is 7.65. The molecule has 0 spiro atoms. The van der Waals surface area contributed by atoms with Gasteiger partial charge < -0.3 is 9.64 Å². The molecule has 0 aromatic heterocycles. The maximum Gasteiger partial charge on any atom is 0.0701 e. The van der Waals surface area contributed by atoms with Crippen LogP contribution >= 0.6 is 12.6 Å². The predicted molar refractivity (Wildman–Crippen MR) is 78.0 cm³/mol.